The van der Waals surface area contributed by atoms with Crippen molar-refractivity contribution in [3.63, 3.8) is 0 Å². The van der Waals surface area contributed by atoms with Crippen molar-refractivity contribution in [3.8, 4) is 11.5 Å². The first kappa shape index (κ1) is 15.8. The number of amides is 2. The van der Waals surface area contributed by atoms with Gasteiger partial charge in [0.1, 0.15) is 0 Å². The third-order valence-corrected chi connectivity index (χ3v) is 3.61. The van der Waals surface area contributed by atoms with Gasteiger partial charge in [0.15, 0.2) is 11.5 Å². The van der Waals surface area contributed by atoms with Crippen LogP contribution in [0.15, 0.2) is 42.7 Å². The topological polar surface area (TPSA) is 89.6 Å². The molecule has 1 aromatic heterocycles. The fourth-order valence-corrected chi connectivity index (χ4v) is 2.31. The molecule has 0 fully saturated rings. The summed E-state index contributed by atoms with van der Waals surface area (Å²) in [6.45, 7) is 1.89. The molecule has 0 saturated heterocycles. The van der Waals surface area contributed by atoms with Crippen molar-refractivity contribution in [1.29, 1.82) is 0 Å². The molecule has 2 aromatic rings. The first-order chi connectivity index (χ1) is 11.6. The summed E-state index contributed by atoms with van der Waals surface area (Å²) in [7, 11) is 0. The van der Waals surface area contributed by atoms with Gasteiger partial charge in [0.25, 0.3) is 5.91 Å². The van der Waals surface area contributed by atoms with Gasteiger partial charge in [0, 0.05) is 18.0 Å². The van der Waals surface area contributed by atoms with Gasteiger partial charge in [0.2, 0.25) is 12.7 Å². The third kappa shape index (κ3) is 3.62. The molecule has 2 heterocycles. The predicted octanol–water partition coefficient (Wildman–Crippen LogP) is 1.42. The van der Waals surface area contributed by atoms with Crippen molar-refractivity contribution >= 4 is 11.8 Å². The number of carbonyl (C=O) groups is 2. The Morgan fingerprint density at radius 3 is 2.88 bits per heavy atom. The highest BCUT2D eigenvalue weighted by atomic mass is 16.7. The molecular weight excluding hydrogens is 310 g/mol. The molecule has 0 aliphatic carbocycles. The summed E-state index contributed by atoms with van der Waals surface area (Å²) in [5, 5.41) is 5.39. The average Bonchev–Trinajstić information content (AvgIpc) is 3.08. The number of benzene rings is 1. The lowest BCUT2D eigenvalue weighted by Crippen LogP contribution is -2.38. The maximum Gasteiger partial charge on any atom is 0.251 e. The maximum absolute atomic E-state index is 12.1. The molecule has 124 valence electrons. The van der Waals surface area contributed by atoms with Gasteiger partial charge in [-0.25, -0.2) is 0 Å². The summed E-state index contributed by atoms with van der Waals surface area (Å²) in [5.74, 6) is 0.504. The third-order valence-electron chi connectivity index (χ3n) is 3.61. The number of carbonyl (C=O) groups excluding carboxylic acids is 2. The van der Waals surface area contributed by atoms with Gasteiger partial charge in [-0.1, -0.05) is 6.07 Å². The van der Waals surface area contributed by atoms with Crippen molar-refractivity contribution in [3.05, 3.63) is 53.9 Å². The number of fused-ring (bicyclic) bond motifs is 1. The fourth-order valence-electron chi connectivity index (χ4n) is 2.31. The van der Waals surface area contributed by atoms with E-state index in [1.807, 2.05) is 13.0 Å². The molecule has 1 unspecified atom stereocenters. The van der Waals surface area contributed by atoms with Crippen LogP contribution in [0.5, 0.6) is 11.5 Å². The molecule has 2 N–H and O–H groups in total. The second-order valence-corrected chi connectivity index (χ2v) is 5.33. The number of aromatic nitrogens is 1. The molecule has 7 nitrogen and oxygen atoms in total. The van der Waals surface area contributed by atoms with Gasteiger partial charge in [0.05, 0.1) is 12.6 Å². The van der Waals surface area contributed by atoms with Gasteiger partial charge in [-0.15, -0.1) is 0 Å². The lowest BCUT2D eigenvalue weighted by Gasteiger charge is -2.14. The Bertz CT molecular complexity index is 749. The van der Waals surface area contributed by atoms with Gasteiger partial charge in [-0.2, -0.15) is 0 Å². The molecule has 1 aliphatic heterocycles. The van der Waals surface area contributed by atoms with Crippen LogP contribution in [-0.4, -0.2) is 30.1 Å². The van der Waals surface area contributed by atoms with E-state index in [1.54, 1.807) is 36.7 Å². The summed E-state index contributed by atoms with van der Waals surface area (Å²) in [6.07, 6.45) is 3.36. The zero-order chi connectivity index (χ0) is 16.9. The van der Waals surface area contributed by atoms with Crippen molar-refractivity contribution in [2.45, 2.75) is 13.0 Å². The van der Waals surface area contributed by atoms with Crippen molar-refractivity contribution in [2.75, 3.05) is 13.3 Å². The van der Waals surface area contributed by atoms with E-state index in [0.717, 1.165) is 5.56 Å². The van der Waals surface area contributed by atoms with Gasteiger partial charge in [-0.05, 0) is 36.8 Å². The molecule has 0 radical (unpaired) electrons. The predicted molar refractivity (Wildman–Crippen MR) is 85.7 cm³/mol. The lowest BCUT2D eigenvalue weighted by molar-refractivity contribution is -0.120. The van der Waals surface area contributed by atoms with E-state index in [4.69, 9.17) is 9.47 Å². The SMILES string of the molecule is CC(NC(=O)CNC(=O)c1ccc2c(c1)OCO2)c1cccnc1. The highest BCUT2D eigenvalue weighted by Crippen LogP contribution is 2.32. The molecule has 3 rings (SSSR count). The number of hydrogen-bond acceptors (Lipinski definition) is 5. The van der Waals surface area contributed by atoms with Crippen LogP contribution in [-0.2, 0) is 4.79 Å². The first-order valence-electron chi connectivity index (χ1n) is 7.50. The van der Waals surface area contributed by atoms with Crippen molar-refractivity contribution < 1.29 is 19.1 Å². The van der Waals surface area contributed by atoms with Crippen LogP contribution in [0, 0.1) is 0 Å². The second kappa shape index (κ2) is 6.99. The van der Waals surface area contributed by atoms with Crippen molar-refractivity contribution in [2.24, 2.45) is 0 Å². The van der Waals surface area contributed by atoms with Crippen LogP contribution in [0.1, 0.15) is 28.9 Å². The number of ether oxygens (including phenoxy) is 2. The van der Waals surface area contributed by atoms with Crippen LogP contribution in [0.25, 0.3) is 0 Å². The highest BCUT2D eigenvalue weighted by Gasteiger charge is 2.17. The van der Waals surface area contributed by atoms with E-state index in [1.165, 1.54) is 0 Å². The monoisotopic (exact) mass is 327 g/mol. The Morgan fingerprint density at radius 2 is 2.08 bits per heavy atom. The van der Waals surface area contributed by atoms with E-state index in [-0.39, 0.29) is 31.2 Å². The number of nitrogens with one attached hydrogen (secondary N) is 2. The Labute approximate surface area is 139 Å². The molecule has 2 amide bonds. The Kier molecular flexibility index (Phi) is 4.60. The van der Waals surface area contributed by atoms with Crippen molar-refractivity contribution in [1.82, 2.24) is 15.6 Å². The number of nitrogens with zero attached hydrogens (tertiary/aromatic N) is 1. The van der Waals surface area contributed by atoms with Crippen LogP contribution in [0.4, 0.5) is 0 Å². The number of rotatable bonds is 5. The van der Waals surface area contributed by atoms with Gasteiger partial charge < -0.3 is 20.1 Å². The van der Waals surface area contributed by atoms with Crippen LogP contribution < -0.4 is 20.1 Å². The molecule has 0 saturated carbocycles. The lowest BCUT2D eigenvalue weighted by atomic mass is 10.1. The van der Waals surface area contributed by atoms with Crippen LogP contribution in [0.3, 0.4) is 0 Å². The average molecular weight is 327 g/mol. The summed E-state index contributed by atoms with van der Waals surface area (Å²) in [5.41, 5.74) is 1.31. The molecule has 1 aromatic carbocycles. The van der Waals surface area contributed by atoms with E-state index in [0.29, 0.717) is 17.1 Å². The summed E-state index contributed by atoms with van der Waals surface area (Å²) >= 11 is 0. The summed E-state index contributed by atoms with van der Waals surface area (Å²) in [4.78, 5) is 28.1. The number of pyridine rings is 1. The van der Waals surface area contributed by atoms with Crippen LogP contribution >= 0.6 is 0 Å². The highest BCUT2D eigenvalue weighted by molar-refractivity contribution is 5.97. The minimum absolute atomic E-state index is 0.113. The van der Waals surface area contributed by atoms with Gasteiger partial charge in [-0.3, -0.25) is 14.6 Å². The smallest absolute Gasteiger partial charge is 0.251 e. The normalized spacial score (nSPS) is 13.2. The Hall–Kier alpha value is -3.09. The minimum Gasteiger partial charge on any atom is -0.454 e. The summed E-state index contributed by atoms with van der Waals surface area (Å²) in [6, 6.07) is 8.38. The fraction of sp³-hybridized carbons (Fsp3) is 0.235. The molecular formula is C17H17N3O4. The Balaban J connectivity index is 1.51. The Morgan fingerprint density at radius 1 is 1.25 bits per heavy atom. The zero-order valence-electron chi connectivity index (χ0n) is 13.1. The second-order valence-electron chi connectivity index (χ2n) is 5.33. The van der Waals surface area contributed by atoms with E-state index >= 15 is 0 Å². The summed E-state index contributed by atoms with van der Waals surface area (Å²) < 4.78 is 10.4. The largest absolute Gasteiger partial charge is 0.454 e. The quantitative estimate of drug-likeness (QED) is 0.867. The van der Waals surface area contributed by atoms with Crippen LogP contribution in [0.2, 0.25) is 0 Å². The number of hydrogen-bond donors (Lipinski definition) is 2. The van der Waals surface area contributed by atoms with E-state index in [2.05, 4.69) is 15.6 Å². The molecule has 1 aliphatic rings. The molecule has 7 heteroatoms. The zero-order valence-corrected chi connectivity index (χ0v) is 13.1. The molecule has 0 bridgehead atoms. The first-order valence-corrected chi connectivity index (χ1v) is 7.50. The van der Waals surface area contributed by atoms with E-state index < -0.39 is 0 Å². The minimum atomic E-state index is -0.350. The van der Waals surface area contributed by atoms with Gasteiger partial charge >= 0.3 is 0 Å². The maximum atomic E-state index is 12.1. The van der Waals surface area contributed by atoms with E-state index in [9.17, 15) is 9.59 Å². The molecule has 1 atom stereocenters. The molecule has 0 spiro atoms. The molecule has 24 heavy (non-hydrogen) atoms. The standard InChI is InChI=1S/C17H17N3O4/c1-11(13-3-2-6-18-8-13)20-16(21)9-19-17(22)12-4-5-14-15(7-12)24-10-23-14/h2-8,11H,9-10H2,1H3,(H,19,22)(H,20,21).